The number of rotatable bonds is 7. The van der Waals surface area contributed by atoms with Crippen LogP contribution >= 0.6 is 0 Å². The van der Waals surface area contributed by atoms with E-state index in [1.165, 1.54) is 6.08 Å². The summed E-state index contributed by atoms with van der Waals surface area (Å²) in [5.74, 6) is 0.655. The van der Waals surface area contributed by atoms with E-state index in [9.17, 15) is 9.59 Å². The number of carbonyl (C=O) groups excluding carboxylic acids is 2. The Bertz CT molecular complexity index is 841. The first-order valence-electron chi connectivity index (χ1n) is 10.3. The number of amides is 2. The SMILES string of the molecule is CCOC(=O)N1CCC(NC(=O)C=Cc2ccc(OCc3ccccc3)cc2)CC1. The third-order valence-corrected chi connectivity index (χ3v) is 4.92. The second-order valence-electron chi connectivity index (χ2n) is 7.15. The second kappa shape index (κ2) is 11.0. The number of benzene rings is 2. The summed E-state index contributed by atoms with van der Waals surface area (Å²) in [6.07, 6.45) is 4.50. The van der Waals surface area contributed by atoms with Gasteiger partial charge in [-0.2, -0.15) is 0 Å². The van der Waals surface area contributed by atoms with Gasteiger partial charge in [-0.3, -0.25) is 4.79 Å². The molecule has 0 atom stereocenters. The molecule has 6 heteroatoms. The van der Waals surface area contributed by atoms with E-state index in [-0.39, 0.29) is 18.0 Å². The number of nitrogens with zero attached hydrogens (tertiary/aromatic N) is 1. The number of hydrogen-bond acceptors (Lipinski definition) is 4. The molecule has 1 aliphatic heterocycles. The lowest BCUT2D eigenvalue weighted by Crippen LogP contribution is -2.46. The van der Waals surface area contributed by atoms with Gasteiger partial charge in [-0.05, 0) is 49.1 Å². The Morgan fingerprint density at radius 2 is 1.77 bits per heavy atom. The highest BCUT2D eigenvalue weighted by molar-refractivity contribution is 5.91. The smallest absolute Gasteiger partial charge is 0.409 e. The zero-order valence-corrected chi connectivity index (χ0v) is 17.3. The van der Waals surface area contributed by atoms with Crippen molar-refractivity contribution in [2.75, 3.05) is 19.7 Å². The first kappa shape index (κ1) is 21.4. The van der Waals surface area contributed by atoms with Crippen LogP contribution in [0.25, 0.3) is 6.08 Å². The molecular formula is C24H28N2O4. The Labute approximate surface area is 177 Å². The van der Waals surface area contributed by atoms with Gasteiger partial charge in [0.2, 0.25) is 5.91 Å². The number of likely N-dealkylation sites (tertiary alicyclic amines) is 1. The van der Waals surface area contributed by atoms with Gasteiger partial charge >= 0.3 is 6.09 Å². The molecule has 1 aliphatic rings. The van der Waals surface area contributed by atoms with Crippen molar-refractivity contribution in [1.29, 1.82) is 0 Å². The van der Waals surface area contributed by atoms with Gasteiger partial charge in [0.05, 0.1) is 6.61 Å². The maximum absolute atomic E-state index is 12.2. The van der Waals surface area contributed by atoms with Crippen molar-refractivity contribution in [3.8, 4) is 5.75 Å². The fraction of sp³-hybridized carbons (Fsp3) is 0.333. The molecule has 1 fully saturated rings. The highest BCUT2D eigenvalue weighted by atomic mass is 16.6. The molecule has 2 amide bonds. The van der Waals surface area contributed by atoms with E-state index in [2.05, 4.69) is 5.32 Å². The molecule has 0 radical (unpaired) electrons. The van der Waals surface area contributed by atoms with E-state index in [0.717, 1.165) is 29.7 Å². The lowest BCUT2D eigenvalue weighted by Gasteiger charge is -2.31. The first-order valence-corrected chi connectivity index (χ1v) is 10.3. The molecule has 1 N–H and O–H groups in total. The van der Waals surface area contributed by atoms with Crippen molar-refractivity contribution in [2.45, 2.75) is 32.4 Å². The predicted octanol–water partition coefficient (Wildman–Crippen LogP) is 4.02. The quantitative estimate of drug-likeness (QED) is 0.703. The number of nitrogens with one attached hydrogen (secondary N) is 1. The molecule has 3 rings (SSSR count). The van der Waals surface area contributed by atoms with Gasteiger partial charge in [0, 0.05) is 25.2 Å². The van der Waals surface area contributed by atoms with Crippen LogP contribution < -0.4 is 10.1 Å². The molecule has 0 bridgehead atoms. The van der Waals surface area contributed by atoms with Crippen LogP contribution in [0.2, 0.25) is 0 Å². The fourth-order valence-electron chi connectivity index (χ4n) is 3.26. The fourth-order valence-corrected chi connectivity index (χ4v) is 3.26. The predicted molar refractivity (Wildman–Crippen MR) is 116 cm³/mol. The molecule has 0 aliphatic carbocycles. The Kier molecular flexibility index (Phi) is 7.89. The molecule has 2 aromatic carbocycles. The zero-order valence-electron chi connectivity index (χ0n) is 17.3. The van der Waals surface area contributed by atoms with Crippen LogP contribution in [-0.2, 0) is 16.1 Å². The Morgan fingerprint density at radius 3 is 2.43 bits per heavy atom. The summed E-state index contributed by atoms with van der Waals surface area (Å²) in [6, 6.07) is 17.7. The van der Waals surface area contributed by atoms with E-state index in [1.54, 1.807) is 17.9 Å². The minimum absolute atomic E-state index is 0.0709. The molecule has 0 spiro atoms. The highest BCUT2D eigenvalue weighted by Gasteiger charge is 2.23. The minimum atomic E-state index is -0.279. The van der Waals surface area contributed by atoms with Gasteiger partial charge in [-0.15, -0.1) is 0 Å². The monoisotopic (exact) mass is 408 g/mol. The van der Waals surface area contributed by atoms with Crippen LogP contribution in [0.15, 0.2) is 60.7 Å². The Balaban J connectivity index is 1.41. The molecule has 30 heavy (non-hydrogen) atoms. The van der Waals surface area contributed by atoms with Gasteiger partial charge in [-0.25, -0.2) is 4.79 Å². The number of carbonyl (C=O) groups is 2. The molecular weight excluding hydrogens is 380 g/mol. The van der Waals surface area contributed by atoms with E-state index in [1.807, 2.05) is 54.6 Å². The normalized spacial score (nSPS) is 14.5. The van der Waals surface area contributed by atoms with Crippen LogP contribution in [0.5, 0.6) is 5.75 Å². The Hall–Kier alpha value is -3.28. The van der Waals surface area contributed by atoms with E-state index < -0.39 is 0 Å². The molecule has 1 saturated heterocycles. The zero-order chi connectivity index (χ0) is 21.2. The highest BCUT2D eigenvalue weighted by Crippen LogP contribution is 2.15. The second-order valence-corrected chi connectivity index (χ2v) is 7.15. The summed E-state index contributed by atoms with van der Waals surface area (Å²) < 4.78 is 10.8. The van der Waals surface area contributed by atoms with Crippen molar-refractivity contribution in [1.82, 2.24) is 10.2 Å². The van der Waals surface area contributed by atoms with Gasteiger partial charge in [0.1, 0.15) is 12.4 Å². The molecule has 158 valence electrons. The van der Waals surface area contributed by atoms with E-state index in [4.69, 9.17) is 9.47 Å². The molecule has 0 unspecified atom stereocenters. The lowest BCUT2D eigenvalue weighted by molar-refractivity contribution is -0.117. The average molecular weight is 408 g/mol. The van der Waals surface area contributed by atoms with Gasteiger partial charge in [-0.1, -0.05) is 42.5 Å². The van der Waals surface area contributed by atoms with Crippen LogP contribution in [0.3, 0.4) is 0 Å². The van der Waals surface area contributed by atoms with Crippen LogP contribution in [0, 0.1) is 0 Å². The average Bonchev–Trinajstić information content (AvgIpc) is 2.78. The van der Waals surface area contributed by atoms with Gasteiger partial charge < -0.3 is 19.7 Å². The molecule has 2 aromatic rings. The molecule has 0 aromatic heterocycles. The summed E-state index contributed by atoms with van der Waals surface area (Å²) >= 11 is 0. The largest absolute Gasteiger partial charge is 0.489 e. The standard InChI is InChI=1S/C24H28N2O4/c1-2-29-24(28)26-16-14-21(15-17-26)25-23(27)13-10-19-8-11-22(12-9-19)30-18-20-6-4-3-5-7-20/h3-13,21H,2,14-18H2,1H3,(H,25,27). The van der Waals surface area contributed by atoms with Crippen LogP contribution in [-0.4, -0.2) is 42.6 Å². The first-order chi connectivity index (χ1) is 14.6. The van der Waals surface area contributed by atoms with Gasteiger partial charge in [0.15, 0.2) is 0 Å². The maximum atomic E-state index is 12.2. The van der Waals surface area contributed by atoms with Crippen molar-refractivity contribution in [3.63, 3.8) is 0 Å². The molecule has 6 nitrogen and oxygen atoms in total. The maximum Gasteiger partial charge on any atom is 0.409 e. The Morgan fingerprint density at radius 1 is 1.07 bits per heavy atom. The van der Waals surface area contributed by atoms with Crippen molar-refractivity contribution >= 4 is 18.1 Å². The number of hydrogen-bond donors (Lipinski definition) is 1. The van der Waals surface area contributed by atoms with Crippen LogP contribution in [0.4, 0.5) is 4.79 Å². The van der Waals surface area contributed by atoms with Gasteiger partial charge in [0.25, 0.3) is 0 Å². The molecule has 1 heterocycles. The topological polar surface area (TPSA) is 67.9 Å². The van der Waals surface area contributed by atoms with Crippen molar-refractivity contribution in [3.05, 3.63) is 71.8 Å². The molecule has 0 saturated carbocycles. The number of piperidine rings is 1. The minimum Gasteiger partial charge on any atom is -0.489 e. The van der Waals surface area contributed by atoms with E-state index in [0.29, 0.717) is 26.3 Å². The summed E-state index contributed by atoms with van der Waals surface area (Å²) in [6.45, 7) is 3.88. The number of ether oxygens (including phenoxy) is 2. The summed E-state index contributed by atoms with van der Waals surface area (Å²) in [4.78, 5) is 25.6. The summed E-state index contributed by atoms with van der Waals surface area (Å²) in [7, 11) is 0. The summed E-state index contributed by atoms with van der Waals surface area (Å²) in [5, 5.41) is 3.00. The summed E-state index contributed by atoms with van der Waals surface area (Å²) in [5.41, 5.74) is 2.04. The third kappa shape index (κ3) is 6.65. The lowest BCUT2D eigenvalue weighted by atomic mass is 10.1. The van der Waals surface area contributed by atoms with Crippen molar-refractivity contribution < 1.29 is 19.1 Å². The van der Waals surface area contributed by atoms with Crippen LogP contribution in [0.1, 0.15) is 30.9 Å². The van der Waals surface area contributed by atoms with E-state index >= 15 is 0 Å². The van der Waals surface area contributed by atoms with Crippen molar-refractivity contribution in [2.24, 2.45) is 0 Å². The third-order valence-electron chi connectivity index (χ3n) is 4.92.